The Hall–Kier alpha value is -0.140. The Morgan fingerprint density at radius 3 is 2.83 bits per heavy atom. The number of benzene rings is 1. The second kappa shape index (κ2) is 5.46. The fourth-order valence-corrected chi connectivity index (χ4v) is 5.17. The van der Waals surface area contributed by atoms with Gasteiger partial charge in [0.15, 0.2) is 0 Å². The largest absolute Gasteiger partial charge is 0.312 e. The second-order valence-corrected chi connectivity index (χ2v) is 7.41. The number of hydrogen-bond acceptors (Lipinski definition) is 3. The first kappa shape index (κ1) is 14.3. The zero-order chi connectivity index (χ0) is 13.3. The molecule has 1 fully saturated rings. The van der Waals surface area contributed by atoms with Gasteiger partial charge in [-0.1, -0.05) is 17.7 Å². The number of halogens is 2. The summed E-state index contributed by atoms with van der Waals surface area (Å²) in [7, 11) is -3.54. The predicted molar refractivity (Wildman–Crippen MR) is 75.4 cm³/mol. The maximum absolute atomic E-state index is 12.6. The highest BCUT2D eigenvalue weighted by molar-refractivity contribution is 9.10. The van der Waals surface area contributed by atoms with Crippen molar-refractivity contribution in [1.82, 2.24) is 9.62 Å². The summed E-state index contributed by atoms with van der Waals surface area (Å²) in [4.78, 5) is 0.153. The zero-order valence-corrected chi connectivity index (χ0v) is 13.0. The normalized spacial score (nSPS) is 22.1. The van der Waals surface area contributed by atoms with Gasteiger partial charge in [0.1, 0.15) is 4.90 Å². The third-order valence-corrected chi connectivity index (χ3v) is 6.17. The third-order valence-electron chi connectivity index (χ3n) is 2.85. The quantitative estimate of drug-likeness (QED) is 0.885. The molecule has 18 heavy (non-hydrogen) atoms. The summed E-state index contributed by atoms with van der Waals surface area (Å²) >= 11 is 9.28. The zero-order valence-electron chi connectivity index (χ0n) is 9.86. The summed E-state index contributed by atoms with van der Waals surface area (Å²) in [6, 6.07) is 5.14. The van der Waals surface area contributed by atoms with E-state index < -0.39 is 10.0 Å². The van der Waals surface area contributed by atoms with Gasteiger partial charge in [0, 0.05) is 30.1 Å². The molecule has 1 atom stereocenters. The third kappa shape index (κ3) is 2.72. The molecule has 0 amide bonds. The molecule has 0 bridgehead atoms. The smallest absolute Gasteiger partial charge is 0.245 e. The Balaban J connectivity index is 2.42. The van der Waals surface area contributed by atoms with Crippen LogP contribution in [-0.4, -0.2) is 38.4 Å². The maximum Gasteiger partial charge on any atom is 0.245 e. The highest BCUT2D eigenvalue weighted by Gasteiger charge is 2.31. The van der Waals surface area contributed by atoms with E-state index in [2.05, 4.69) is 21.2 Å². The lowest BCUT2D eigenvalue weighted by Gasteiger charge is -2.31. The van der Waals surface area contributed by atoms with Crippen molar-refractivity contribution < 1.29 is 8.42 Å². The molecule has 1 aliphatic heterocycles. The van der Waals surface area contributed by atoms with Crippen LogP contribution in [0.2, 0.25) is 5.02 Å². The van der Waals surface area contributed by atoms with Gasteiger partial charge in [-0.2, -0.15) is 4.31 Å². The van der Waals surface area contributed by atoms with Crippen molar-refractivity contribution in [2.24, 2.45) is 0 Å². The molecule has 1 N–H and O–H groups in total. The van der Waals surface area contributed by atoms with Crippen molar-refractivity contribution in [3.05, 3.63) is 27.7 Å². The molecule has 1 aromatic carbocycles. The van der Waals surface area contributed by atoms with Crippen molar-refractivity contribution in [2.45, 2.75) is 17.9 Å². The predicted octanol–water partition coefficient (Wildman–Crippen LogP) is 2.08. The van der Waals surface area contributed by atoms with Gasteiger partial charge in [-0.3, -0.25) is 0 Å². The van der Waals surface area contributed by atoms with E-state index in [0.717, 1.165) is 0 Å². The molecule has 1 heterocycles. The van der Waals surface area contributed by atoms with Crippen molar-refractivity contribution in [3.8, 4) is 0 Å². The van der Waals surface area contributed by atoms with Crippen LogP contribution in [0, 0.1) is 0 Å². The number of sulfonamides is 1. The average molecular weight is 354 g/mol. The van der Waals surface area contributed by atoms with Crippen molar-refractivity contribution in [2.75, 3.05) is 19.6 Å². The number of nitrogens with one attached hydrogen (secondary N) is 1. The number of hydrogen-bond donors (Lipinski definition) is 1. The monoisotopic (exact) mass is 352 g/mol. The van der Waals surface area contributed by atoms with Crippen LogP contribution in [0.5, 0.6) is 0 Å². The fourth-order valence-electron chi connectivity index (χ4n) is 1.97. The highest BCUT2D eigenvalue weighted by atomic mass is 79.9. The van der Waals surface area contributed by atoms with Crippen LogP contribution in [0.4, 0.5) is 0 Å². The molecule has 2 rings (SSSR count). The summed E-state index contributed by atoms with van der Waals surface area (Å²) in [6.45, 7) is 3.54. The lowest BCUT2D eigenvalue weighted by molar-refractivity contribution is 0.310. The highest BCUT2D eigenvalue weighted by Crippen LogP contribution is 2.32. The number of piperazine rings is 1. The molecule has 1 unspecified atom stereocenters. The molecule has 1 saturated heterocycles. The lowest BCUT2D eigenvalue weighted by atomic mass is 10.3. The maximum atomic E-state index is 12.6. The van der Waals surface area contributed by atoms with Crippen LogP contribution < -0.4 is 5.32 Å². The Morgan fingerprint density at radius 1 is 1.50 bits per heavy atom. The van der Waals surface area contributed by atoms with Gasteiger partial charge in [0.05, 0.1) is 5.02 Å². The van der Waals surface area contributed by atoms with Gasteiger partial charge in [0.25, 0.3) is 0 Å². The Labute approximate surface area is 120 Å². The van der Waals surface area contributed by atoms with Crippen LogP contribution in [-0.2, 0) is 10.0 Å². The van der Waals surface area contributed by atoms with E-state index in [4.69, 9.17) is 11.6 Å². The summed E-state index contributed by atoms with van der Waals surface area (Å²) in [5, 5.41) is 3.46. The molecule has 100 valence electrons. The van der Waals surface area contributed by atoms with Gasteiger partial charge < -0.3 is 5.32 Å². The van der Waals surface area contributed by atoms with Crippen LogP contribution in [0.15, 0.2) is 27.6 Å². The molecule has 0 spiro atoms. The fraction of sp³-hybridized carbons (Fsp3) is 0.455. The topological polar surface area (TPSA) is 49.4 Å². The molecular formula is C11H14BrClN2O2S. The molecule has 1 aromatic rings. The van der Waals surface area contributed by atoms with Gasteiger partial charge in [0.2, 0.25) is 10.0 Å². The minimum Gasteiger partial charge on any atom is -0.312 e. The molecule has 0 radical (unpaired) electrons. The lowest BCUT2D eigenvalue weighted by Crippen LogP contribution is -2.51. The summed E-state index contributed by atoms with van der Waals surface area (Å²) < 4.78 is 27.1. The average Bonchev–Trinajstić information content (AvgIpc) is 2.28. The van der Waals surface area contributed by atoms with E-state index in [9.17, 15) is 8.42 Å². The second-order valence-electron chi connectivity index (χ2n) is 4.27. The minimum absolute atomic E-state index is 0.148. The molecule has 0 aromatic heterocycles. The van der Waals surface area contributed by atoms with Crippen LogP contribution in [0.1, 0.15) is 6.92 Å². The van der Waals surface area contributed by atoms with E-state index >= 15 is 0 Å². The Bertz CT molecular complexity index is 530. The number of rotatable bonds is 2. The van der Waals surface area contributed by atoms with Crippen molar-refractivity contribution in [1.29, 1.82) is 0 Å². The first-order chi connectivity index (χ1) is 8.43. The van der Waals surface area contributed by atoms with Crippen LogP contribution in [0.25, 0.3) is 0 Å². The standard InChI is InChI=1S/C11H14BrClN2O2S/c1-8-7-15(6-5-14-8)18(16,17)11-9(12)3-2-4-10(11)13/h2-4,8,14H,5-7H2,1H3. The van der Waals surface area contributed by atoms with Gasteiger partial charge in [-0.25, -0.2) is 8.42 Å². The van der Waals surface area contributed by atoms with Crippen molar-refractivity contribution >= 4 is 37.6 Å². The summed E-state index contributed by atoms with van der Waals surface area (Å²) in [5.41, 5.74) is 0. The molecule has 4 nitrogen and oxygen atoms in total. The summed E-state index contributed by atoms with van der Waals surface area (Å²) in [6.07, 6.45) is 0. The van der Waals surface area contributed by atoms with Gasteiger partial charge >= 0.3 is 0 Å². The van der Waals surface area contributed by atoms with E-state index in [1.807, 2.05) is 6.92 Å². The van der Waals surface area contributed by atoms with E-state index in [1.54, 1.807) is 18.2 Å². The molecule has 7 heteroatoms. The van der Waals surface area contributed by atoms with E-state index in [0.29, 0.717) is 24.1 Å². The number of nitrogens with zero attached hydrogens (tertiary/aromatic N) is 1. The first-order valence-electron chi connectivity index (χ1n) is 5.60. The van der Waals surface area contributed by atoms with E-state index in [-0.39, 0.29) is 16.0 Å². The minimum atomic E-state index is -3.54. The Morgan fingerprint density at radius 2 is 2.22 bits per heavy atom. The molecule has 0 saturated carbocycles. The van der Waals surface area contributed by atoms with Crippen LogP contribution >= 0.6 is 27.5 Å². The summed E-state index contributed by atoms with van der Waals surface area (Å²) in [5.74, 6) is 0. The van der Waals surface area contributed by atoms with Gasteiger partial charge in [-0.15, -0.1) is 0 Å². The molecule has 1 aliphatic rings. The first-order valence-corrected chi connectivity index (χ1v) is 8.21. The Kier molecular flexibility index (Phi) is 4.33. The van der Waals surface area contributed by atoms with Crippen LogP contribution in [0.3, 0.4) is 0 Å². The van der Waals surface area contributed by atoms with E-state index in [1.165, 1.54) is 4.31 Å². The molecule has 0 aliphatic carbocycles. The van der Waals surface area contributed by atoms with Crippen molar-refractivity contribution in [3.63, 3.8) is 0 Å². The van der Waals surface area contributed by atoms with Gasteiger partial charge in [-0.05, 0) is 35.0 Å². The SMILES string of the molecule is CC1CN(S(=O)(=O)c2c(Cl)cccc2Br)CCN1. The molecular weight excluding hydrogens is 340 g/mol.